The Bertz CT molecular complexity index is 169. The van der Waals surface area contributed by atoms with Gasteiger partial charge in [-0.15, -0.1) is 0 Å². The molecular weight excluding hydrogens is 180 g/mol. The van der Waals surface area contributed by atoms with Crippen LogP contribution in [0, 0.1) is 5.92 Å². The number of aliphatic carboxylic acids is 2. The van der Waals surface area contributed by atoms with E-state index in [9.17, 15) is 9.59 Å². The molecule has 0 amide bonds. The molecule has 1 atom stereocenters. The first-order valence-corrected chi connectivity index (χ1v) is 4.75. The Morgan fingerprint density at radius 3 is 2.33 bits per heavy atom. The van der Waals surface area contributed by atoms with E-state index in [0.29, 0.717) is 5.75 Å². The monoisotopic (exact) mass is 192 g/mol. The van der Waals surface area contributed by atoms with Gasteiger partial charge in [-0.1, -0.05) is 6.92 Å². The van der Waals surface area contributed by atoms with Crippen molar-refractivity contribution in [2.75, 3.05) is 11.5 Å². The first-order chi connectivity index (χ1) is 5.57. The zero-order chi connectivity index (χ0) is 9.56. The maximum Gasteiger partial charge on any atom is 0.307 e. The topological polar surface area (TPSA) is 74.6 Å². The smallest absolute Gasteiger partial charge is 0.307 e. The van der Waals surface area contributed by atoms with Crippen LogP contribution in [0.1, 0.15) is 13.3 Å². The van der Waals surface area contributed by atoms with Crippen molar-refractivity contribution < 1.29 is 19.8 Å². The zero-order valence-corrected chi connectivity index (χ0v) is 7.63. The van der Waals surface area contributed by atoms with Crippen molar-refractivity contribution >= 4 is 23.7 Å². The Hall–Kier alpha value is -0.710. The molecule has 2 N–H and O–H groups in total. The van der Waals surface area contributed by atoms with Crippen molar-refractivity contribution in [2.45, 2.75) is 13.3 Å². The third kappa shape index (κ3) is 5.01. The lowest BCUT2D eigenvalue weighted by atomic mass is 10.1. The van der Waals surface area contributed by atoms with Gasteiger partial charge in [0.2, 0.25) is 0 Å². The van der Waals surface area contributed by atoms with Crippen LogP contribution in [0.2, 0.25) is 0 Å². The SMILES string of the molecule is CCSCC(CC(=O)O)C(=O)O. The molecule has 0 aliphatic heterocycles. The summed E-state index contributed by atoms with van der Waals surface area (Å²) in [4.78, 5) is 20.7. The van der Waals surface area contributed by atoms with E-state index in [-0.39, 0.29) is 6.42 Å². The van der Waals surface area contributed by atoms with Gasteiger partial charge < -0.3 is 10.2 Å². The number of hydrogen-bond acceptors (Lipinski definition) is 3. The molecule has 0 saturated heterocycles. The molecule has 12 heavy (non-hydrogen) atoms. The summed E-state index contributed by atoms with van der Waals surface area (Å²) in [7, 11) is 0. The first-order valence-electron chi connectivity index (χ1n) is 3.60. The van der Waals surface area contributed by atoms with Crippen molar-refractivity contribution in [3.63, 3.8) is 0 Å². The molecule has 0 heterocycles. The highest BCUT2D eigenvalue weighted by atomic mass is 32.2. The molecule has 0 bridgehead atoms. The number of carboxylic acids is 2. The molecule has 4 nitrogen and oxygen atoms in total. The fraction of sp³-hybridized carbons (Fsp3) is 0.714. The van der Waals surface area contributed by atoms with E-state index in [4.69, 9.17) is 10.2 Å². The van der Waals surface area contributed by atoms with Gasteiger partial charge in [-0.05, 0) is 5.75 Å². The highest BCUT2D eigenvalue weighted by Gasteiger charge is 2.20. The number of thioether (sulfide) groups is 1. The fourth-order valence-electron chi connectivity index (χ4n) is 0.688. The molecule has 0 aromatic carbocycles. The molecule has 70 valence electrons. The third-order valence-electron chi connectivity index (χ3n) is 1.29. The van der Waals surface area contributed by atoms with Crippen LogP contribution in [0.3, 0.4) is 0 Å². The average molecular weight is 192 g/mol. The summed E-state index contributed by atoms with van der Waals surface area (Å²) < 4.78 is 0. The summed E-state index contributed by atoms with van der Waals surface area (Å²) in [6.07, 6.45) is -0.289. The Balaban J connectivity index is 3.87. The molecule has 0 radical (unpaired) electrons. The van der Waals surface area contributed by atoms with E-state index in [1.165, 1.54) is 11.8 Å². The van der Waals surface area contributed by atoms with Gasteiger partial charge in [-0.2, -0.15) is 11.8 Å². The quantitative estimate of drug-likeness (QED) is 0.654. The van der Waals surface area contributed by atoms with Gasteiger partial charge in [0.05, 0.1) is 12.3 Å². The third-order valence-corrected chi connectivity index (χ3v) is 2.34. The normalized spacial score (nSPS) is 12.4. The highest BCUT2D eigenvalue weighted by molar-refractivity contribution is 7.99. The van der Waals surface area contributed by atoms with Crippen LogP contribution in [0.15, 0.2) is 0 Å². The van der Waals surface area contributed by atoms with E-state index < -0.39 is 17.9 Å². The molecule has 0 rings (SSSR count). The minimum atomic E-state index is -1.06. The summed E-state index contributed by atoms with van der Waals surface area (Å²) in [5, 5.41) is 16.9. The van der Waals surface area contributed by atoms with Crippen LogP contribution < -0.4 is 0 Å². The van der Waals surface area contributed by atoms with Crippen molar-refractivity contribution in [2.24, 2.45) is 5.92 Å². The summed E-state index contributed by atoms with van der Waals surface area (Å²) >= 11 is 1.44. The maximum absolute atomic E-state index is 10.5. The Kier molecular flexibility index (Phi) is 5.53. The maximum atomic E-state index is 10.5. The Morgan fingerprint density at radius 1 is 1.42 bits per heavy atom. The molecule has 0 aromatic rings. The number of hydrogen-bond donors (Lipinski definition) is 2. The van der Waals surface area contributed by atoms with Gasteiger partial charge in [-0.3, -0.25) is 9.59 Å². The van der Waals surface area contributed by atoms with Crippen LogP contribution in [0.5, 0.6) is 0 Å². The van der Waals surface area contributed by atoms with Crippen LogP contribution in [-0.2, 0) is 9.59 Å². The van der Waals surface area contributed by atoms with Gasteiger partial charge >= 0.3 is 11.9 Å². The second-order valence-electron chi connectivity index (χ2n) is 2.29. The lowest BCUT2D eigenvalue weighted by molar-refractivity contribution is -0.147. The van der Waals surface area contributed by atoms with Crippen molar-refractivity contribution in [1.29, 1.82) is 0 Å². The second-order valence-corrected chi connectivity index (χ2v) is 3.61. The van der Waals surface area contributed by atoms with E-state index in [0.717, 1.165) is 5.75 Å². The number of carbonyl (C=O) groups is 2. The van der Waals surface area contributed by atoms with E-state index in [2.05, 4.69) is 0 Å². The molecule has 0 spiro atoms. The molecule has 0 aromatic heterocycles. The molecular formula is C7H12O4S. The van der Waals surface area contributed by atoms with Gasteiger partial charge in [-0.25, -0.2) is 0 Å². The van der Waals surface area contributed by atoms with Crippen LogP contribution >= 0.6 is 11.8 Å². The summed E-state index contributed by atoms with van der Waals surface area (Å²) in [6.45, 7) is 1.91. The largest absolute Gasteiger partial charge is 0.481 e. The predicted molar refractivity (Wildman–Crippen MR) is 46.4 cm³/mol. The molecule has 5 heteroatoms. The first kappa shape index (κ1) is 11.3. The minimum absolute atomic E-state index is 0.289. The van der Waals surface area contributed by atoms with Crippen molar-refractivity contribution in [1.82, 2.24) is 0 Å². The van der Waals surface area contributed by atoms with Crippen LogP contribution in [0.25, 0.3) is 0 Å². The average Bonchev–Trinajstić information content (AvgIpc) is 1.96. The fourth-order valence-corrected chi connectivity index (χ4v) is 1.47. The van der Waals surface area contributed by atoms with E-state index in [1.54, 1.807) is 0 Å². The summed E-state index contributed by atoms with van der Waals surface area (Å²) in [6, 6.07) is 0. The lowest BCUT2D eigenvalue weighted by Gasteiger charge is -2.07. The standard InChI is InChI=1S/C7H12O4S/c1-2-12-4-5(7(10)11)3-6(8)9/h5H,2-4H2,1H3,(H,8,9)(H,10,11). The Morgan fingerprint density at radius 2 is 2.00 bits per heavy atom. The predicted octanol–water partition coefficient (Wildman–Crippen LogP) is 0.915. The molecule has 0 saturated carbocycles. The van der Waals surface area contributed by atoms with E-state index >= 15 is 0 Å². The van der Waals surface area contributed by atoms with Gasteiger partial charge in [0.15, 0.2) is 0 Å². The van der Waals surface area contributed by atoms with Gasteiger partial charge in [0.1, 0.15) is 0 Å². The lowest BCUT2D eigenvalue weighted by Crippen LogP contribution is -2.20. The molecule has 0 aliphatic rings. The summed E-state index contributed by atoms with van der Waals surface area (Å²) in [5.41, 5.74) is 0. The van der Waals surface area contributed by atoms with E-state index in [1.807, 2.05) is 6.92 Å². The molecule has 0 aliphatic carbocycles. The van der Waals surface area contributed by atoms with Crippen LogP contribution in [0.4, 0.5) is 0 Å². The number of carboxylic acid groups (broad SMARTS) is 2. The number of rotatable bonds is 6. The minimum Gasteiger partial charge on any atom is -0.481 e. The second kappa shape index (κ2) is 5.88. The zero-order valence-electron chi connectivity index (χ0n) is 6.82. The van der Waals surface area contributed by atoms with Crippen molar-refractivity contribution in [3.8, 4) is 0 Å². The van der Waals surface area contributed by atoms with Crippen LogP contribution in [-0.4, -0.2) is 33.7 Å². The van der Waals surface area contributed by atoms with Crippen molar-refractivity contribution in [3.05, 3.63) is 0 Å². The highest BCUT2D eigenvalue weighted by Crippen LogP contribution is 2.12. The Labute approximate surface area is 75.0 Å². The summed E-state index contributed by atoms with van der Waals surface area (Å²) in [5.74, 6) is -1.66. The van der Waals surface area contributed by atoms with Gasteiger partial charge in [0, 0.05) is 5.75 Å². The molecule has 1 unspecified atom stereocenters. The van der Waals surface area contributed by atoms with Gasteiger partial charge in [0.25, 0.3) is 0 Å². The molecule has 0 fully saturated rings.